The van der Waals surface area contributed by atoms with Gasteiger partial charge in [0.15, 0.2) is 0 Å². The number of hydrogen-bond donors (Lipinski definition) is 2. The molecule has 1 aliphatic rings. The van der Waals surface area contributed by atoms with Gasteiger partial charge in [-0.1, -0.05) is 26.7 Å². The van der Waals surface area contributed by atoms with Crippen molar-refractivity contribution < 1.29 is 13.2 Å². The molecule has 1 saturated carbocycles. The lowest BCUT2D eigenvalue weighted by Gasteiger charge is -2.46. The number of rotatable bonds is 8. The van der Waals surface area contributed by atoms with Crippen molar-refractivity contribution in [3.05, 3.63) is 0 Å². The number of hydrogen-bond acceptors (Lipinski definition) is 4. The molecule has 1 aliphatic carbocycles. The van der Waals surface area contributed by atoms with Gasteiger partial charge in [-0.05, 0) is 18.8 Å². The van der Waals surface area contributed by atoms with Gasteiger partial charge in [0, 0.05) is 32.3 Å². The Morgan fingerprint density at radius 3 is 2.70 bits per heavy atom. The van der Waals surface area contributed by atoms with Crippen LogP contribution in [-0.2, 0) is 14.9 Å². The molecular formula is C13H29N3O3S. The van der Waals surface area contributed by atoms with Gasteiger partial charge in [0.1, 0.15) is 0 Å². The molecule has 0 bridgehead atoms. The lowest BCUT2D eigenvalue weighted by Crippen LogP contribution is -2.60. The second-order valence-electron chi connectivity index (χ2n) is 5.69. The number of likely N-dealkylation sites (N-methyl/N-ethyl adjacent to an activating group) is 1. The lowest BCUT2D eigenvalue weighted by molar-refractivity contribution is 0.111. The standard InChI is InChI=1S/C13H29N3O3S/c1-4-16(20(17,18)15-8-9-19-3)13(11-14)7-5-6-12(2)10-13/h12,15H,4-11,14H2,1-3H3. The van der Waals surface area contributed by atoms with E-state index in [4.69, 9.17) is 10.5 Å². The predicted molar refractivity (Wildman–Crippen MR) is 80.6 cm³/mol. The van der Waals surface area contributed by atoms with Crippen molar-refractivity contribution in [2.45, 2.75) is 45.1 Å². The van der Waals surface area contributed by atoms with E-state index in [2.05, 4.69) is 11.6 Å². The van der Waals surface area contributed by atoms with Crippen LogP contribution >= 0.6 is 0 Å². The first-order valence-corrected chi connectivity index (χ1v) is 8.82. The van der Waals surface area contributed by atoms with Crippen LogP contribution in [-0.4, -0.2) is 51.6 Å². The van der Waals surface area contributed by atoms with E-state index in [0.717, 1.165) is 25.7 Å². The van der Waals surface area contributed by atoms with Gasteiger partial charge in [-0.2, -0.15) is 17.4 Å². The van der Waals surface area contributed by atoms with Gasteiger partial charge in [-0.3, -0.25) is 0 Å². The number of nitrogens with two attached hydrogens (primary N) is 1. The van der Waals surface area contributed by atoms with Crippen molar-refractivity contribution >= 4 is 10.2 Å². The Kier molecular flexibility index (Phi) is 6.87. The smallest absolute Gasteiger partial charge is 0.280 e. The van der Waals surface area contributed by atoms with Gasteiger partial charge in [0.2, 0.25) is 0 Å². The van der Waals surface area contributed by atoms with E-state index in [1.165, 1.54) is 0 Å². The van der Waals surface area contributed by atoms with E-state index in [-0.39, 0.29) is 6.54 Å². The minimum Gasteiger partial charge on any atom is -0.383 e. The molecule has 0 amide bonds. The summed E-state index contributed by atoms with van der Waals surface area (Å²) < 4.78 is 34.1. The van der Waals surface area contributed by atoms with Crippen molar-refractivity contribution in [3.63, 3.8) is 0 Å². The number of nitrogens with one attached hydrogen (secondary N) is 1. The summed E-state index contributed by atoms with van der Waals surface area (Å²) in [5, 5.41) is 0. The summed E-state index contributed by atoms with van der Waals surface area (Å²) in [6.07, 6.45) is 3.86. The highest BCUT2D eigenvalue weighted by Crippen LogP contribution is 2.37. The first-order chi connectivity index (χ1) is 9.41. The van der Waals surface area contributed by atoms with Crippen LogP contribution < -0.4 is 10.5 Å². The Bertz CT molecular complexity index is 388. The molecule has 0 saturated heterocycles. The topological polar surface area (TPSA) is 84.7 Å². The van der Waals surface area contributed by atoms with Crippen LogP contribution in [0.4, 0.5) is 0 Å². The average molecular weight is 307 g/mol. The van der Waals surface area contributed by atoms with E-state index in [1.54, 1.807) is 11.4 Å². The number of methoxy groups -OCH3 is 1. The molecule has 1 fully saturated rings. The molecule has 1 rings (SSSR count). The number of nitrogens with zero attached hydrogens (tertiary/aromatic N) is 1. The Balaban J connectivity index is 2.90. The highest BCUT2D eigenvalue weighted by Gasteiger charge is 2.43. The Morgan fingerprint density at radius 1 is 1.50 bits per heavy atom. The zero-order valence-electron chi connectivity index (χ0n) is 12.9. The van der Waals surface area contributed by atoms with Gasteiger partial charge in [-0.25, -0.2) is 0 Å². The summed E-state index contributed by atoms with van der Waals surface area (Å²) in [4.78, 5) is 0. The fourth-order valence-corrected chi connectivity index (χ4v) is 4.84. The SMILES string of the molecule is CCN(C1(CN)CCCC(C)C1)S(=O)(=O)NCCOC. The van der Waals surface area contributed by atoms with Crippen molar-refractivity contribution in [2.75, 3.05) is 33.4 Å². The summed E-state index contributed by atoms with van der Waals surface area (Å²) in [5.74, 6) is 0.510. The molecule has 3 N–H and O–H groups in total. The van der Waals surface area contributed by atoms with Crippen molar-refractivity contribution in [3.8, 4) is 0 Å². The lowest BCUT2D eigenvalue weighted by atomic mass is 9.76. The highest BCUT2D eigenvalue weighted by molar-refractivity contribution is 7.87. The van der Waals surface area contributed by atoms with Crippen LogP contribution in [0.2, 0.25) is 0 Å². The van der Waals surface area contributed by atoms with Gasteiger partial charge < -0.3 is 10.5 Å². The molecule has 120 valence electrons. The molecular weight excluding hydrogens is 278 g/mol. The fraction of sp³-hybridized carbons (Fsp3) is 1.00. The molecule has 0 aromatic carbocycles. The first kappa shape index (κ1) is 17.8. The van der Waals surface area contributed by atoms with Gasteiger partial charge in [0.05, 0.1) is 6.61 Å². The summed E-state index contributed by atoms with van der Waals surface area (Å²) >= 11 is 0. The maximum atomic E-state index is 12.5. The van der Waals surface area contributed by atoms with Gasteiger partial charge in [-0.15, -0.1) is 0 Å². The monoisotopic (exact) mass is 307 g/mol. The van der Waals surface area contributed by atoms with Crippen molar-refractivity contribution in [1.82, 2.24) is 9.03 Å². The summed E-state index contributed by atoms with van der Waals surface area (Å²) in [5.41, 5.74) is 5.53. The molecule has 7 heteroatoms. The fourth-order valence-electron chi connectivity index (χ4n) is 3.26. The molecule has 2 atom stereocenters. The molecule has 0 heterocycles. The quantitative estimate of drug-likeness (QED) is 0.646. The summed E-state index contributed by atoms with van der Waals surface area (Å²) in [7, 11) is -1.96. The largest absolute Gasteiger partial charge is 0.383 e. The molecule has 2 unspecified atom stereocenters. The number of ether oxygens (including phenoxy) is 1. The van der Waals surface area contributed by atoms with Gasteiger partial charge in [0.25, 0.3) is 10.2 Å². The zero-order valence-corrected chi connectivity index (χ0v) is 13.7. The summed E-state index contributed by atoms with van der Waals surface area (Å²) in [6.45, 7) is 5.49. The first-order valence-electron chi connectivity index (χ1n) is 7.38. The van der Waals surface area contributed by atoms with Crippen LogP contribution in [0.5, 0.6) is 0 Å². The van der Waals surface area contributed by atoms with Crippen molar-refractivity contribution in [2.24, 2.45) is 11.7 Å². The van der Waals surface area contributed by atoms with E-state index >= 15 is 0 Å². The van der Waals surface area contributed by atoms with Crippen LogP contribution in [0.1, 0.15) is 39.5 Å². The van der Waals surface area contributed by atoms with Crippen LogP contribution in [0, 0.1) is 5.92 Å². The van der Waals surface area contributed by atoms with Crippen molar-refractivity contribution in [1.29, 1.82) is 0 Å². The second-order valence-corrected chi connectivity index (χ2v) is 7.37. The Labute approximate surface area is 123 Å². The zero-order chi connectivity index (χ0) is 15.2. The predicted octanol–water partition coefficient (Wildman–Crippen LogP) is 0.697. The molecule has 20 heavy (non-hydrogen) atoms. The van der Waals surface area contributed by atoms with Crippen LogP contribution in [0.15, 0.2) is 0 Å². The van der Waals surface area contributed by atoms with E-state index in [0.29, 0.717) is 25.6 Å². The maximum absolute atomic E-state index is 12.5. The molecule has 0 aromatic heterocycles. The third-order valence-corrected chi connectivity index (χ3v) is 5.94. The third-order valence-electron chi connectivity index (χ3n) is 4.14. The van der Waals surface area contributed by atoms with E-state index in [1.807, 2.05) is 6.92 Å². The maximum Gasteiger partial charge on any atom is 0.280 e. The van der Waals surface area contributed by atoms with Crippen LogP contribution in [0.3, 0.4) is 0 Å². The summed E-state index contributed by atoms with van der Waals surface area (Å²) in [6, 6.07) is 0. The average Bonchev–Trinajstić information content (AvgIpc) is 2.39. The van der Waals surface area contributed by atoms with Crippen LogP contribution in [0.25, 0.3) is 0 Å². The molecule has 0 spiro atoms. The molecule has 0 radical (unpaired) electrons. The van der Waals surface area contributed by atoms with E-state index < -0.39 is 15.7 Å². The minimum atomic E-state index is -3.51. The Morgan fingerprint density at radius 2 is 2.20 bits per heavy atom. The highest BCUT2D eigenvalue weighted by atomic mass is 32.2. The minimum absolute atomic E-state index is 0.283. The van der Waals surface area contributed by atoms with Gasteiger partial charge >= 0.3 is 0 Å². The molecule has 0 aromatic rings. The third kappa shape index (κ3) is 4.14. The molecule has 6 nitrogen and oxygen atoms in total. The Hall–Kier alpha value is -0.210. The normalized spacial score (nSPS) is 27.9. The van der Waals surface area contributed by atoms with E-state index in [9.17, 15) is 8.42 Å². The molecule has 0 aliphatic heterocycles. The second kappa shape index (κ2) is 7.70.